The van der Waals surface area contributed by atoms with Crippen LogP contribution in [0.4, 0.5) is 0 Å². The van der Waals surface area contributed by atoms with Crippen molar-refractivity contribution in [3.05, 3.63) is 86.8 Å². The summed E-state index contributed by atoms with van der Waals surface area (Å²) in [6, 6.07) is 20.3. The Bertz CT molecular complexity index is 1040. The minimum Gasteiger partial charge on any atom is -0.497 e. The van der Waals surface area contributed by atoms with Crippen LogP contribution in [0.25, 0.3) is 0 Å². The molecule has 0 saturated heterocycles. The van der Waals surface area contributed by atoms with Crippen LogP contribution in [0.3, 0.4) is 0 Å². The number of halogens is 2. The van der Waals surface area contributed by atoms with Gasteiger partial charge in [0.15, 0.2) is 6.61 Å². The minimum absolute atomic E-state index is 0.137. The molecule has 0 aliphatic heterocycles. The van der Waals surface area contributed by atoms with Crippen molar-refractivity contribution in [3.8, 4) is 17.2 Å². The number of carbonyl (C=O) groups excluding carboxylic acids is 1. The molecular formula is C23H20Br2N2O4. The van der Waals surface area contributed by atoms with E-state index in [0.29, 0.717) is 12.4 Å². The first kappa shape index (κ1) is 22.8. The van der Waals surface area contributed by atoms with Gasteiger partial charge < -0.3 is 14.2 Å². The van der Waals surface area contributed by atoms with Gasteiger partial charge in [-0.15, -0.1) is 0 Å². The quantitative estimate of drug-likeness (QED) is 0.290. The smallest absolute Gasteiger partial charge is 0.277 e. The van der Waals surface area contributed by atoms with Crippen molar-refractivity contribution in [2.24, 2.45) is 5.10 Å². The third-order valence-corrected chi connectivity index (χ3v) is 5.35. The Kier molecular flexibility index (Phi) is 8.49. The van der Waals surface area contributed by atoms with Crippen LogP contribution >= 0.6 is 31.9 Å². The topological polar surface area (TPSA) is 69.2 Å². The van der Waals surface area contributed by atoms with Crippen LogP contribution in [0.15, 0.2) is 80.8 Å². The second-order valence-electron chi connectivity index (χ2n) is 6.35. The normalized spacial score (nSPS) is 10.7. The number of benzene rings is 3. The average Bonchev–Trinajstić information content (AvgIpc) is 2.78. The lowest BCUT2D eigenvalue weighted by Gasteiger charge is -2.08. The van der Waals surface area contributed by atoms with Crippen molar-refractivity contribution in [2.45, 2.75) is 6.61 Å². The van der Waals surface area contributed by atoms with Gasteiger partial charge in [-0.1, -0.05) is 37.9 Å². The molecule has 3 aromatic rings. The Morgan fingerprint density at radius 3 is 2.26 bits per heavy atom. The summed E-state index contributed by atoms with van der Waals surface area (Å²) < 4.78 is 18.3. The van der Waals surface area contributed by atoms with Crippen LogP contribution in [-0.4, -0.2) is 25.8 Å². The lowest BCUT2D eigenvalue weighted by Crippen LogP contribution is -2.24. The molecule has 0 heterocycles. The lowest BCUT2D eigenvalue weighted by molar-refractivity contribution is -0.123. The van der Waals surface area contributed by atoms with Crippen LogP contribution in [0.5, 0.6) is 17.2 Å². The molecule has 0 saturated carbocycles. The molecule has 1 N–H and O–H groups in total. The van der Waals surface area contributed by atoms with Crippen molar-refractivity contribution in [3.63, 3.8) is 0 Å². The van der Waals surface area contributed by atoms with Gasteiger partial charge in [0, 0.05) is 14.5 Å². The van der Waals surface area contributed by atoms with Crippen LogP contribution in [0, 0.1) is 0 Å². The highest BCUT2D eigenvalue weighted by molar-refractivity contribution is 9.11. The third kappa shape index (κ3) is 7.41. The van der Waals surface area contributed by atoms with E-state index in [1.807, 2.05) is 42.5 Å². The molecule has 0 aliphatic carbocycles. The molecule has 31 heavy (non-hydrogen) atoms. The van der Waals surface area contributed by atoms with Crippen LogP contribution < -0.4 is 19.6 Å². The monoisotopic (exact) mass is 546 g/mol. The van der Waals surface area contributed by atoms with Gasteiger partial charge in [0.2, 0.25) is 0 Å². The number of nitrogens with zero attached hydrogens (tertiary/aromatic N) is 1. The van der Waals surface area contributed by atoms with Crippen LogP contribution in [0.1, 0.15) is 11.1 Å². The molecule has 0 aliphatic rings. The van der Waals surface area contributed by atoms with Gasteiger partial charge in [-0.25, -0.2) is 5.43 Å². The number of methoxy groups -OCH3 is 1. The standard InChI is InChI=1S/C23H20Br2N2O4/c1-29-19-8-10-21(11-9-19)31-15-23(28)27-26-13-16-2-6-20(7-3-16)30-14-17-4-5-18(24)12-22(17)25/h2-13H,14-15H2,1H3,(H,27,28)/b26-13+. The summed E-state index contributed by atoms with van der Waals surface area (Å²) in [5.41, 5.74) is 4.31. The number of rotatable bonds is 9. The van der Waals surface area contributed by atoms with E-state index in [9.17, 15) is 4.79 Å². The molecule has 160 valence electrons. The molecule has 3 aromatic carbocycles. The summed E-state index contributed by atoms with van der Waals surface area (Å²) in [7, 11) is 1.59. The summed E-state index contributed by atoms with van der Waals surface area (Å²) in [6.45, 7) is 0.313. The van der Waals surface area contributed by atoms with Crippen LogP contribution in [-0.2, 0) is 11.4 Å². The highest BCUT2D eigenvalue weighted by Gasteiger charge is 2.03. The second kappa shape index (κ2) is 11.5. The van der Waals surface area contributed by atoms with Crippen molar-refractivity contribution in [1.82, 2.24) is 5.43 Å². The summed E-state index contributed by atoms with van der Waals surface area (Å²) in [4.78, 5) is 11.9. The van der Waals surface area contributed by atoms with E-state index in [4.69, 9.17) is 14.2 Å². The molecular weight excluding hydrogens is 528 g/mol. The maximum atomic E-state index is 11.9. The number of hydrazone groups is 1. The zero-order chi connectivity index (χ0) is 22.1. The van der Waals surface area contributed by atoms with E-state index in [1.165, 1.54) is 0 Å². The van der Waals surface area contributed by atoms with E-state index >= 15 is 0 Å². The Morgan fingerprint density at radius 1 is 0.935 bits per heavy atom. The summed E-state index contributed by atoms with van der Waals surface area (Å²) in [5, 5.41) is 3.95. The molecule has 0 unspecified atom stereocenters. The molecule has 0 spiro atoms. The Balaban J connectivity index is 1.42. The van der Waals surface area contributed by atoms with E-state index in [-0.39, 0.29) is 12.5 Å². The largest absolute Gasteiger partial charge is 0.497 e. The number of ether oxygens (including phenoxy) is 3. The van der Waals surface area contributed by atoms with E-state index in [1.54, 1.807) is 37.6 Å². The molecule has 0 aromatic heterocycles. The van der Waals surface area contributed by atoms with Gasteiger partial charge in [0.1, 0.15) is 23.9 Å². The molecule has 0 bridgehead atoms. The maximum absolute atomic E-state index is 11.9. The molecule has 0 fully saturated rings. The van der Waals surface area contributed by atoms with Gasteiger partial charge in [-0.2, -0.15) is 5.10 Å². The van der Waals surface area contributed by atoms with Crippen molar-refractivity contribution < 1.29 is 19.0 Å². The molecule has 0 atom stereocenters. The van der Waals surface area contributed by atoms with Gasteiger partial charge in [-0.3, -0.25) is 4.79 Å². The zero-order valence-electron chi connectivity index (χ0n) is 16.7. The van der Waals surface area contributed by atoms with Gasteiger partial charge in [0.05, 0.1) is 13.3 Å². The average molecular weight is 548 g/mol. The Labute approximate surface area is 197 Å². The van der Waals surface area contributed by atoms with Gasteiger partial charge in [0.25, 0.3) is 5.91 Å². The first-order chi connectivity index (χ1) is 15.0. The van der Waals surface area contributed by atoms with Gasteiger partial charge >= 0.3 is 0 Å². The van der Waals surface area contributed by atoms with E-state index in [2.05, 4.69) is 42.4 Å². The third-order valence-electron chi connectivity index (χ3n) is 4.12. The lowest BCUT2D eigenvalue weighted by atomic mass is 10.2. The summed E-state index contributed by atoms with van der Waals surface area (Å²) in [6.07, 6.45) is 1.56. The highest BCUT2D eigenvalue weighted by atomic mass is 79.9. The first-order valence-corrected chi connectivity index (χ1v) is 10.9. The Hall–Kier alpha value is -2.84. The summed E-state index contributed by atoms with van der Waals surface area (Å²) in [5.74, 6) is 1.68. The molecule has 6 nitrogen and oxygen atoms in total. The Morgan fingerprint density at radius 2 is 1.58 bits per heavy atom. The molecule has 3 rings (SSSR count). The number of carbonyl (C=O) groups is 1. The predicted octanol–water partition coefficient (Wildman–Crippen LogP) is 5.33. The number of amides is 1. The number of hydrogen-bond donors (Lipinski definition) is 1. The molecule has 1 amide bonds. The van der Waals surface area contributed by atoms with Crippen LogP contribution in [0.2, 0.25) is 0 Å². The zero-order valence-corrected chi connectivity index (χ0v) is 19.9. The molecule has 0 radical (unpaired) electrons. The first-order valence-electron chi connectivity index (χ1n) is 9.29. The highest BCUT2D eigenvalue weighted by Crippen LogP contribution is 2.23. The fourth-order valence-corrected chi connectivity index (χ4v) is 3.64. The van der Waals surface area contributed by atoms with E-state index in [0.717, 1.165) is 31.6 Å². The number of hydrogen-bond acceptors (Lipinski definition) is 5. The van der Waals surface area contributed by atoms with E-state index < -0.39 is 0 Å². The molecule has 8 heteroatoms. The SMILES string of the molecule is COc1ccc(OCC(=O)N/N=C/c2ccc(OCc3ccc(Br)cc3Br)cc2)cc1. The fourth-order valence-electron chi connectivity index (χ4n) is 2.48. The minimum atomic E-state index is -0.355. The van der Waals surface area contributed by atoms with Gasteiger partial charge in [-0.05, 0) is 66.2 Å². The summed E-state index contributed by atoms with van der Waals surface area (Å²) >= 11 is 6.96. The fraction of sp³-hybridized carbons (Fsp3) is 0.130. The van der Waals surface area contributed by atoms with Crippen molar-refractivity contribution in [1.29, 1.82) is 0 Å². The predicted molar refractivity (Wildman–Crippen MR) is 127 cm³/mol. The number of nitrogens with one attached hydrogen (secondary N) is 1. The van der Waals surface area contributed by atoms with Crippen molar-refractivity contribution in [2.75, 3.05) is 13.7 Å². The second-order valence-corrected chi connectivity index (χ2v) is 8.12. The van der Waals surface area contributed by atoms with Crippen molar-refractivity contribution >= 4 is 44.0 Å². The maximum Gasteiger partial charge on any atom is 0.277 e.